The average Bonchev–Trinajstić information content (AvgIpc) is 4.25. The molecule has 10 heteroatoms. The molecule has 0 radical (unpaired) electrons. The lowest BCUT2D eigenvalue weighted by Gasteiger charge is -2.43. The van der Waals surface area contributed by atoms with E-state index in [1.54, 1.807) is 24.3 Å². The molecule has 8 aliphatic rings. The van der Waals surface area contributed by atoms with Crippen LogP contribution in [0.4, 0.5) is 0 Å². The molecule has 0 aromatic heterocycles. The number of hydrogen-bond donors (Lipinski definition) is 6. The number of esters is 2. The van der Waals surface area contributed by atoms with Crippen LogP contribution in [0.25, 0.3) is 0 Å². The summed E-state index contributed by atoms with van der Waals surface area (Å²) >= 11 is 0. The lowest BCUT2D eigenvalue weighted by atomic mass is 9.65. The molecule has 2 aromatic rings. The zero-order chi connectivity index (χ0) is 58.0. The van der Waals surface area contributed by atoms with Gasteiger partial charge in [-0.1, -0.05) is 115 Å². The normalized spacial score (nSPS) is 35.3. The van der Waals surface area contributed by atoms with E-state index in [4.69, 9.17) is 19.7 Å². The maximum atomic E-state index is 11.9. The van der Waals surface area contributed by atoms with Crippen LogP contribution in [-0.2, 0) is 9.47 Å². The highest BCUT2D eigenvalue weighted by Crippen LogP contribution is 2.58. The fourth-order valence-corrected chi connectivity index (χ4v) is 17.0. The number of carbonyl (C=O) groups excluding carboxylic acids is 2. The van der Waals surface area contributed by atoms with E-state index in [2.05, 4.69) is 79.1 Å². The number of rotatable bonds is 10. The summed E-state index contributed by atoms with van der Waals surface area (Å²) in [6.45, 7) is 19.2. The van der Waals surface area contributed by atoms with Gasteiger partial charge >= 0.3 is 11.9 Å². The average molecular weight is 1110 g/mol. The zero-order valence-corrected chi connectivity index (χ0v) is 50.5. The third-order valence-corrected chi connectivity index (χ3v) is 21.9. The number of aliphatic hydroxyl groups excluding tert-OH is 2. The molecule has 8 saturated carbocycles. The van der Waals surface area contributed by atoms with Gasteiger partial charge < -0.3 is 40.1 Å². The third-order valence-electron chi connectivity index (χ3n) is 21.9. The van der Waals surface area contributed by atoms with Crippen LogP contribution in [0.15, 0.2) is 60.7 Å². The summed E-state index contributed by atoms with van der Waals surface area (Å²) in [4.78, 5) is 23.8. The Morgan fingerprint density at radius 3 is 1.26 bits per heavy atom. The van der Waals surface area contributed by atoms with Crippen molar-refractivity contribution in [2.45, 2.75) is 232 Å². The monoisotopic (exact) mass is 1100 g/mol. The SMILES string of the molecule is CC1(C)CCC2CC(O)(C#CCO)CCC21.CC1(C)CCC2CC(O)(CCCOC(=O)c3ccccc3)CCC21.CC1(C)CCC2CCC(O)(C#CCO)CC21.CC1(C)CCC2CCC(O)(CCCOC(=O)c3ccccc3)CC21. The summed E-state index contributed by atoms with van der Waals surface area (Å²) in [6, 6.07) is 18.2. The molecule has 8 aliphatic carbocycles. The molecule has 0 saturated heterocycles. The second-order valence-corrected chi connectivity index (χ2v) is 29.2. The quantitative estimate of drug-likeness (QED) is 0.0763. The van der Waals surface area contributed by atoms with E-state index < -0.39 is 22.4 Å². The molecule has 0 amide bonds. The van der Waals surface area contributed by atoms with E-state index in [0.717, 1.165) is 126 Å². The Bertz CT molecular complexity index is 2440. The lowest BCUT2D eigenvalue weighted by molar-refractivity contribution is -0.0564. The molecule has 2 aromatic carbocycles. The van der Waals surface area contributed by atoms with Crippen LogP contribution in [0, 0.1) is 92.7 Å². The predicted molar refractivity (Wildman–Crippen MR) is 317 cm³/mol. The fourth-order valence-electron chi connectivity index (χ4n) is 17.0. The number of fused-ring (bicyclic) bond motifs is 4. The first-order valence-electron chi connectivity index (χ1n) is 31.3. The van der Waals surface area contributed by atoms with Crippen LogP contribution < -0.4 is 0 Å². The maximum Gasteiger partial charge on any atom is 0.338 e. The molecule has 12 atom stereocenters. The van der Waals surface area contributed by atoms with Gasteiger partial charge in [-0.3, -0.25) is 0 Å². The first kappa shape index (κ1) is 63.8. The summed E-state index contributed by atoms with van der Waals surface area (Å²) in [7, 11) is 0. The van der Waals surface area contributed by atoms with Crippen LogP contribution in [0.3, 0.4) is 0 Å². The van der Waals surface area contributed by atoms with Crippen molar-refractivity contribution in [3.8, 4) is 23.7 Å². The number of carbonyl (C=O) groups is 2. The highest BCUT2D eigenvalue weighted by atomic mass is 16.5. The van der Waals surface area contributed by atoms with Crippen molar-refractivity contribution in [3.05, 3.63) is 71.8 Å². The summed E-state index contributed by atoms with van der Waals surface area (Å²) in [5.41, 5.74) is -0.0282. The van der Waals surface area contributed by atoms with E-state index in [0.29, 0.717) is 69.7 Å². The summed E-state index contributed by atoms with van der Waals surface area (Å²) < 4.78 is 10.7. The smallest absolute Gasteiger partial charge is 0.338 e. The molecule has 10 nitrogen and oxygen atoms in total. The third kappa shape index (κ3) is 16.7. The Hall–Kier alpha value is -3.74. The minimum atomic E-state index is -0.842. The van der Waals surface area contributed by atoms with Gasteiger partial charge in [-0.05, 0) is 247 Å². The molecule has 444 valence electrons. The molecule has 80 heavy (non-hydrogen) atoms. The molecule has 0 aliphatic heterocycles. The number of benzene rings is 2. The molecule has 12 unspecified atom stereocenters. The van der Waals surface area contributed by atoms with Gasteiger partial charge in [-0.25, -0.2) is 9.59 Å². The van der Waals surface area contributed by atoms with Crippen molar-refractivity contribution in [2.75, 3.05) is 26.4 Å². The number of ether oxygens (including phenoxy) is 2. The summed E-state index contributed by atoms with van der Waals surface area (Å²) in [5, 5.41) is 60.1. The summed E-state index contributed by atoms with van der Waals surface area (Å²) in [6.07, 6.45) is 24.4. The lowest BCUT2D eigenvalue weighted by Crippen LogP contribution is -2.41. The highest BCUT2D eigenvalue weighted by molar-refractivity contribution is 5.89. The topological polar surface area (TPSA) is 174 Å². The fraction of sp³-hybridized carbons (Fsp3) is 0.743. The first-order chi connectivity index (χ1) is 37.7. The largest absolute Gasteiger partial charge is 0.462 e. The molecule has 6 N–H and O–H groups in total. The van der Waals surface area contributed by atoms with Crippen molar-refractivity contribution in [1.82, 2.24) is 0 Å². The Morgan fingerprint density at radius 1 is 0.438 bits per heavy atom. The molecule has 0 heterocycles. The Labute approximate surface area is 482 Å². The van der Waals surface area contributed by atoms with E-state index in [1.165, 1.54) is 51.4 Å². The Kier molecular flexibility index (Phi) is 21.4. The molecule has 0 spiro atoms. The van der Waals surface area contributed by atoms with Crippen LogP contribution in [0.5, 0.6) is 0 Å². The van der Waals surface area contributed by atoms with Gasteiger partial charge in [0.05, 0.1) is 35.5 Å². The van der Waals surface area contributed by atoms with E-state index in [9.17, 15) is 30.0 Å². The van der Waals surface area contributed by atoms with Crippen molar-refractivity contribution in [3.63, 3.8) is 0 Å². The van der Waals surface area contributed by atoms with Gasteiger partial charge in [-0.15, -0.1) is 0 Å². The molecular weight excluding hydrogens is 1000 g/mol. The van der Waals surface area contributed by atoms with E-state index in [1.807, 2.05) is 36.4 Å². The van der Waals surface area contributed by atoms with Gasteiger partial charge in [0.25, 0.3) is 0 Å². The second kappa shape index (κ2) is 26.9. The van der Waals surface area contributed by atoms with E-state index in [-0.39, 0.29) is 25.2 Å². The van der Waals surface area contributed by atoms with Gasteiger partial charge in [0.15, 0.2) is 0 Å². The first-order valence-corrected chi connectivity index (χ1v) is 31.3. The highest BCUT2D eigenvalue weighted by Gasteiger charge is 2.52. The van der Waals surface area contributed by atoms with Gasteiger partial charge in [-0.2, -0.15) is 0 Å². The van der Waals surface area contributed by atoms with Crippen molar-refractivity contribution in [2.24, 2.45) is 69.0 Å². The standard InChI is InChI=1S/2C21H30O3.2C14H22O2/c1-20(2)12-9-16-10-13-21(23,15-18(16)20)11-6-14-24-19(22)17-7-4-3-5-8-17;1-20(2)12-9-17-15-21(23,13-10-18(17)20)11-6-14-24-19(22)16-7-4-3-5-8-16;1-13(2)7-4-11-10-14(16,6-3-9-15)8-5-12(11)13;1-13(2)7-4-11-5-8-14(16,6-3-9-15)10-12(11)13/h3-5,7-8,16,18,23H,6,9-15H2,1-2H3;3-5,7-8,17-18,23H,6,9-15H2,1-2H3;2*11-12,15-16H,4-5,7-10H2,1-2H3. The van der Waals surface area contributed by atoms with Crippen molar-refractivity contribution in [1.29, 1.82) is 0 Å². The zero-order valence-electron chi connectivity index (χ0n) is 50.5. The number of hydrogen-bond acceptors (Lipinski definition) is 10. The predicted octanol–water partition coefficient (Wildman–Crippen LogP) is 13.1. The second-order valence-electron chi connectivity index (χ2n) is 29.2. The van der Waals surface area contributed by atoms with Crippen molar-refractivity contribution < 1.29 is 49.7 Å². The minimum absolute atomic E-state index is 0.151. The molecule has 10 rings (SSSR count). The molecular formula is C70H104O10. The van der Waals surface area contributed by atoms with Gasteiger partial charge in [0.2, 0.25) is 0 Å². The minimum Gasteiger partial charge on any atom is -0.462 e. The van der Waals surface area contributed by atoms with Crippen LogP contribution in [-0.4, -0.2) is 91.4 Å². The number of aliphatic hydroxyl groups is 6. The maximum absolute atomic E-state index is 11.9. The summed E-state index contributed by atoms with van der Waals surface area (Å²) in [5.74, 6) is 16.0. The Balaban J connectivity index is 0.000000157. The molecule has 8 fully saturated rings. The molecule has 0 bridgehead atoms. The van der Waals surface area contributed by atoms with Crippen LogP contribution >= 0.6 is 0 Å². The van der Waals surface area contributed by atoms with Crippen LogP contribution in [0.2, 0.25) is 0 Å². The van der Waals surface area contributed by atoms with Gasteiger partial charge in [0.1, 0.15) is 24.4 Å². The van der Waals surface area contributed by atoms with Gasteiger partial charge in [0, 0.05) is 0 Å². The van der Waals surface area contributed by atoms with E-state index >= 15 is 0 Å². The van der Waals surface area contributed by atoms with Crippen LogP contribution in [0.1, 0.15) is 230 Å². The van der Waals surface area contributed by atoms with Crippen molar-refractivity contribution >= 4 is 11.9 Å². The Morgan fingerprint density at radius 2 is 0.787 bits per heavy atom.